The summed E-state index contributed by atoms with van der Waals surface area (Å²) >= 11 is 0. The minimum Gasteiger partial charge on any atom is -0.405 e. The summed E-state index contributed by atoms with van der Waals surface area (Å²) < 4.78 is 47.0. The van der Waals surface area contributed by atoms with Crippen LogP contribution in [-0.2, 0) is 11.2 Å². The minimum absolute atomic E-state index is 0. The van der Waals surface area contributed by atoms with Gasteiger partial charge in [0, 0.05) is 12.1 Å². The molecule has 1 aromatic rings. The lowest BCUT2D eigenvalue weighted by Gasteiger charge is -2.27. The number of nitrogens with zero attached hydrogens (tertiary/aromatic N) is 1. The number of rotatable bonds is 2. The molecule has 0 saturated carbocycles. The number of benzene rings is 1. The molecular formula is C13H14ClF3N2O2. The average Bonchev–Trinajstić information content (AvgIpc) is 2.90. The van der Waals surface area contributed by atoms with Gasteiger partial charge in [-0.2, -0.15) is 0 Å². The molecule has 1 N–H and O–H groups in total. The van der Waals surface area contributed by atoms with Gasteiger partial charge in [0.2, 0.25) is 0 Å². The molecule has 1 unspecified atom stereocenters. The highest BCUT2D eigenvalue weighted by molar-refractivity contribution is 5.89. The maximum absolute atomic E-state index is 12.4. The van der Waals surface area contributed by atoms with E-state index in [0.29, 0.717) is 36.5 Å². The van der Waals surface area contributed by atoms with Crippen LogP contribution >= 0.6 is 12.4 Å². The summed E-state index contributed by atoms with van der Waals surface area (Å²) in [5.41, 5.74) is 1.23. The van der Waals surface area contributed by atoms with Gasteiger partial charge in [0.15, 0.2) is 0 Å². The van der Waals surface area contributed by atoms with Crippen molar-refractivity contribution in [1.29, 1.82) is 0 Å². The molecule has 2 heterocycles. The third kappa shape index (κ3) is 3.41. The average molecular weight is 323 g/mol. The van der Waals surface area contributed by atoms with Crippen LogP contribution in [0.4, 0.5) is 13.2 Å². The van der Waals surface area contributed by atoms with Crippen molar-refractivity contribution in [3.63, 3.8) is 0 Å². The topological polar surface area (TPSA) is 42.9 Å². The lowest BCUT2D eigenvalue weighted by molar-refractivity contribution is -0.275. The molecule has 0 aliphatic carbocycles. The standard InChI is InChI=1S/C13H13F3N2O2.ClH/c14-13(15,16)20-10-3-1-2-9-8(10)4-7-19-11(9)12-17-5-6-18-12;/h1-3,11H,4-7H2,(H,17,18);1H. The Bertz CT molecular complexity index is 549. The van der Waals surface area contributed by atoms with Crippen LogP contribution in [-0.4, -0.2) is 31.9 Å². The molecule has 2 aliphatic rings. The van der Waals surface area contributed by atoms with Gasteiger partial charge >= 0.3 is 6.36 Å². The van der Waals surface area contributed by atoms with Crippen molar-refractivity contribution >= 4 is 18.2 Å². The van der Waals surface area contributed by atoms with Crippen molar-refractivity contribution in [3.05, 3.63) is 29.3 Å². The Balaban J connectivity index is 0.00000161. The number of hydrogen-bond acceptors (Lipinski definition) is 4. The summed E-state index contributed by atoms with van der Waals surface area (Å²) in [4.78, 5) is 4.28. The van der Waals surface area contributed by atoms with Gasteiger partial charge in [-0.05, 0) is 18.1 Å². The fourth-order valence-corrected chi connectivity index (χ4v) is 2.50. The maximum atomic E-state index is 12.4. The molecule has 0 radical (unpaired) electrons. The van der Waals surface area contributed by atoms with E-state index in [9.17, 15) is 13.2 Å². The SMILES string of the molecule is Cl.FC(F)(F)Oc1cccc2c1CCOC2C1=NCCN1. The molecule has 0 saturated heterocycles. The number of hydrogen-bond donors (Lipinski definition) is 1. The van der Waals surface area contributed by atoms with E-state index in [-0.39, 0.29) is 18.2 Å². The molecule has 21 heavy (non-hydrogen) atoms. The zero-order valence-electron chi connectivity index (χ0n) is 10.9. The summed E-state index contributed by atoms with van der Waals surface area (Å²) in [5.74, 6) is 0.525. The Morgan fingerprint density at radius 3 is 2.81 bits per heavy atom. The number of halogens is 4. The van der Waals surface area contributed by atoms with Crippen LogP contribution < -0.4 is 10.1 Å². The van der Waals surface area contributed by atoms with Gasteiger partial charge in [-0.15, -0.1) is 25.6 Å². The molecule has 2 aliphatic heterocycles. The second-order valence-electron chi connectivity index (χ2n) is 4.57. The summed E-state index contributed by atoms with van der Waals surface area (Å²) in [6.45, 7) is 1.73. The van der Waals surface area contributed by atoms with Gasteiger partial charge in [-0.3, -0.25) is 4.99 Å². The number of fused-ring (bicyclic) bond motifs is 1. The number of ether oxygens (including phenoxy) is 2. The summed E-state index contributed by atoms with van der Waals surface area (Å²) in [6, 6.07) is 4.63. The summed E-state index contributed by atoms with van der Waals surface area (Å²) in [7, 11) is 0. The van der Waals surface area contributed by atoms with Crippen molar-refractivity contribution in [2.75, 3.05) is 19.7 Å². The maximum Gasteiger partial charge on any atom is 0.573 e. The van der Waals surface area contributed by atoms with Gasteiger partial charge in [-0.1, -0.05) is 12.1 Å². The fourth-order valence-electron chi connectivity index (χ4n) is 2.50. The van der Waals surface area contributed by atoms with Crippen molar-refractivity contribution in [2.45, 2.75) is 18.9 Å². The van der Waals surface area contributed by atoms with Gasteiger partial charge in [0.25, 0.3) is 0 Å². The first kappa shape index (κ1) is 15.9. The Morgan fingerprint density at radius 2 is 2.14 bits per heavy atom. The van der Waals surface area contributed by atoms with E-state index < -0.39 is 12.5 Å². The normalized spacial score (nSPS) is 20.9. The van der Waals surface area contributed by atoms with Gasteiger partial charge in [-0.25, -0.2) is 0 Å². The van der Waals surface area contributed by atoms with E-state index in [0.717, 1.165) is 6.54 Å². The first-order valence-corrected chi connectivity index (χ1v) is 6.32. The Hall–Kier alpha value is -1.47. The van der Waals surface area contributed by atoms with Crippen LogP contribution in [0.25, 0.3) is 0 Å². The van der Waals surface area contributed by atoms with E-state index in [1.165, 1.54) is 12.1 Å². The highest BCUT2D eigenvalue weighted by Gasteiger charge is 2.35. The van der Waals surface area contributed by atoms with Crippen LogP contribution in [0.5, 0.6) is 5.75 Å². The van der Waals surface area contributed by atoms with Crippen LogP contribution in [0.3, 0.4) is 0 Å². The van der Waals surface area contributed by atoms with Crippen molar-refractivity contribution in [1.82, 2.24) is 5.32 Å². The Morgan fingerprint density at radius 1 is 1.33 bits per heavy atom. The van der Waals surface area contributed by atoms with Crippen LogP contribution in [0.1, 0.15) is 17.2 Å². The largest absolute Gasteiger partial charge is 0.573 e. The van der Waals surface area contributed by atoms with E-state index >= 15 is 0 Å². The number of amidine groups is 1. The molecule has 0 fully saturated rings. The molecule has 1 aromatic carbocycles. The predicted molar refractivity (Wildman–Crippen MR) is 73.1 cm³/mol. The lowest BCUT2D eigenvalue weighted by atomic mass is 9.96. The Labute approximate surface area is 125 Å². The van der Waals surface area contributed by atoms with E-state index in [1.54, 1.807) is 6.07 Å². The predicted octanol–water partition coefficient (Wildman–Crippen LogP) is 2.62. The second kappa shape index (κ2) is 6.11. The zero-order chi connectivity index (χ0) is 14.2. The molecule has 0 bridgehead atoms. The number of alkyl halides is 3. The molecule has 3 rings (SSSR count). The molecule has 0 spiro atoms. The van der Waals surface area contributed by atoms with Gasteiger partial charge in [0.05, 0.1) is 13.2 Å². The fraction of sp³-hybridized carbons (Fsp3) is 0.462. The molecule has 0 aromatic heterocycles. The van der Waals surface area contributed by atoms with Crippen molar-refractivity contribution < 1.29 is 22.6 Å². The molecule has 116 valence electrons. The van der Waals surface area contributed by atoms with Crippen molar-refractivity contribution in [2.24, 2.45) is 4.99 Å². The Kier molecular flexibility index (Phi) is 4.63. The molecule has 0 amide bonds. The van der Waals surface area contributed by atoms with Gasteiger partial charge in [0.1, 0.15) is 17.7 Å². The quantitative estimate of drug-likeness (QED) is 0.910. The molecule has 8 heteroatoms. The molecule has 4 nitrogen and oxygen atoms in total. The van der Waals surface area contributed by atoms with E-state index in [1.807, 2.05) is 0 Å². The zero-order valence-corrected chi connectivity index (χ0v) is 11.8. The van der Waals surface area contributed by atoms with Crippen LogP contribution in [0.2, 0.25) is 0 Å². The first-order valence-electron chi connectivity index (χ1n) is 6.32. The molecule has 1 atom stereocenters. The lowest BCUT2D eigenvalue weighted by Crippen LogP contribution is -2.31. The summed E-state index contributed by atoms with van der Waals surface area (Å²) in [5, 5.41) is 3.10. The first-order chi connectivity index (χ1) is 9.54. The highest BCUT2D eigenvalue weighted by atomic mass is 35.5. The number of nitrogens with one attached hydrogen (secondary N) is 1. The highest BCUT2D eigenvalue weighted by Crippen LogP contribution is 2.36. The van der Waals surface area contributed by atoms with Crippen molar-refractivity contribution in [3.8, 4) is 5.75 Å². The van der Waals surface area contributed by atoms with Gasteiger partial charge < -0.3 is 14.8 Å². The summed E-state index contributed by atoms with van der Waals surface area (Å²) in [6.07, 6.45) is -4.73. The van der Waals surface area contributed by atoms with Crippen LogP contribution in [0.15, 0.2) is 23.2 Å². The van der Waals surface area contributed by atoms with E-state index in [4.69, 9.17) is 4.74 Å². The molecular weight excluding hydrogens is 309 g/mol. The monoisotopic (exact) mass is 322 g/mol. The third-order valence-corrected chi connectivity index (χ3v) is 3.26. The third-order valence-electron chi connectivity index (χ3n) is 3.26. The minimum atomic E-state index is -4.69. The van der Waals surface area contributed by atoms with Crippen LogP contribution in [0, 0.1) is 0 Å². The second-order valence-corrected chi connectivity index (χ2v) is 4.57. The number of aliphatic imine (C=N–C) groups is 1. The smallest absolute Gasteiger partial charge is 0.405 e. The van der Waals surface area contributed by atoms with E-state index in [2.05, 4.69) is 15.0 Å².